The monoisotopic (exact) mass is 460 g/mol. The summed E-state index contributed by atoms with van der Waals surface area (Å²) in [6.45, 7) is 2.31. The summed E-state index contributed by atoms with van der Waals surface area (Å²) in [7, 11) is 1.90. The van der Waals surface area contributed by atoms with Crippen molar-refractivity contribution in [1.29, 1.82) is 0 Å². The van der Waals surface area contributed by atoms with Gasteiger partial charge in [-0.3, -0.25) is 9.69 Å². The number of furan rings is 1. The van der Waals surface area contributed by atoms with Crippen molar-refractivity contribution in [2.75, 3.05) is 20.1 Å². The van der Waals surface area contributed by atoms with Gasteiger partial charge in [-0.25, -0.2) is 0 Å². The summed E-state index contributed by atoms with van der Waals surface area (Å²) in [5, 5.41) is 10.8. The maximum absolute atomic E-state index is 13.2. The quantitative estimate of drug-likeness (QED) is 0.684. The van der Waals surface area contributed by atoms with Gasteiger partial charge in [-0.1, -0.05) is 6.07 Å². The van der Waals surface area contributed by atoms with Crippen LogP contribution in [0.25, 0.3) is 6.08 Å². The normalized spacial score (nSPS) is 33.6. The first kappa shape index (κ1) is 20.6. The fourth-order valence-electron chi connectivity index (χ4n) is 7.67. The zero-order valence-electron chi connectivity index (χ0n) is 19.7. The highest BCUT2D eigenvalue weighted by Crippen LogP contribution is 2.64. The number of piperidine rings is 1. The Hall–Kier alpha value is -2.73. The van der Waals surface area contributed by atoms with Crippen molar-refractivity contribution in [3.63, 3.8) is 0 Å². The molecule has 1 N–H and O–H groups in total. The summed E-state index contributed by atoms with van der Waals surface area (Å²) in [4.78, 5) is 17.8. The van der Waals surface area contributed by atoms with Gasteiger partial charge in [-0.15, -0.1) is 0 Å². The maximum atomic E-state index is 13.2. The third kappa shape index (κ3) is 2.87. The largest absolute Gasteiger partial charge is 0.504 e. The lowest BCUT2D eigenvalue weighted by Crippen LogP contribution is -2.69. The Labute approximate surface area is 200 Å². The SMILES string of the molecule is CN(C(=O)/C=C/c1ccoc1)[C@H]1CC[C@H]2[C@@H]3Cc4ccc(O)c5c4[C@@]2(CCN3CC2CC2)[C@H]1O5. The number of ether oxygens (including phenoxy) is 1. The van der Waals surface area contributed by atoms with Gasteiger partial charge in [0.2, 0.25) is 5.91 Å². The molecule has 6 heteroatoms. The summed E-state index contributed by atoms with van der Waals surface area (Å²) < 4.78 is 11.8. The van der Waals surface area contributed by atoms with E-state index in [9.17, 15) is 9.90 Å². The number of aromatic hydroxyl groups is 1. The van der Waals surface area contributed by atoms with Crippen LogP contribution in [0.15, 0.2) is 41.2 Å². The number of likely N-dealkylation sites (N-methyl/N-ethyl adjacent to an activating group) is 1. The molecule has 2 aliphatic heterocycles. The average molecular weight is 461 g/mol. The van der Waals surface area contributed by atoms with Crippen molar-refractivity contribution in [3.8, 4) is 11.5 Å². The van der Waals surface area contributed by atoms with Crippen LogP contribution in [0.5, 0.6) is 11.5 Å². The standard InChI is InChI=1S/C28H32N2O4/c1-29(24(32)9-4-18-10-13-33-16-18)21-7-6-20-22-14-19-5-8-23(31)26-25(19)28(20,27(21)34-26)11-12-30(22)15-17-2-3-17/h4-5,8-10,13,16-17,20-22,27,31H,2-3,6-7,11-12,14-15H2,1H3/b9-4+/t20-,21-,22-,27-,28-/m0/s1. The number of carbonyl (C=O) groups excluding carboxylic acids is 1. The third-order valence-corrected chi connectivity index (χ3v) is 9.40. The van der Waals surface area contributed by atoms with E-state index < -0.39 is 0 Å². The highest BCUT2D eigenvalue weighted by atomic mass is 16.5. The van der Waals surface area contributed by atoms with E-state index in [-0.39, 0.29) is 29.2 Å². The van der Waals surface area contributed by atoms with E-state index in [1.807, 2.05) is 18.0 Å². The van der Waals surface area contributed by atoms with Crippen LogP contribution in [0.1, 0.15) is 48.8 Å². The molecular weight excluding hydrogens is 428 g/mol. The van der Waals surface area contributed by atoms with Gasteiger partial charge >= 0.3 is 0 Å². The second-order valence-corrected chi connectivity index (χ2v) is 11.1. The van der Waals surface area contributed by atoms with E-state index in [0.29, 0.717) is 17.7 Å². The molecule has 1 spiro atoms. The highest BCUT2D eigenvalue weighted by molar-refractivity contribution is 5.91. The molecule has 2 saturated carbocycles. The molecule has 7 rings (SSSR count). The van der Waals surface area contributed by atoms with Crippen LogP contribution in [-0.4, -0.2) is 59.1 Å². The fourth-order valence-corrected chi connectivity index (χ4v) is 7.67. The molecule has 3 aliphatic carbocycles. The molecule has 1 aromatic carbocycles. The molecule has 5 atom stereocenters. The third-order valence-electron chi connectivity index (χ3n) is 9.40. The second-order valence-electron chi connectivity index (χ2n) is 11.1. The predicted octanol–water partition coefficient (Wildman–Crippen LogP) is 3.97. The molecule has 5 aliphatic rings. The number of phenols is 1. The second kappa shape index (κ2) is 7.38. The number of benzene rings is 1. The van der Waals surface area contributed by atoms with Crippen LogP contribution in [0.4, 0.5) is 0 Å². The van der Waals surface area contributed by atoms with E-state index in [4.69, 9.17) is 9.15 Å². The van der Waals surface area contributed by atoms with Gasteiger partial charge in [0.15, 0.2) is 11.5 Å². The minimum Gasteiger partial charge on any atom is -0.504 e. The van der Waals surface area contributed by atoms with Gasteiger partial charge in [-0.2, -0.15) is 0 Å². The van der Waals surface area contributed by atoms with Crippen molar-refractivity contribution in [3.05, 3.63) is 53.5 Å². The molecule has 3 fully saturated rings. The summed E-state index contributed by atoms with van der Waals surface area (Å²) in [5.74, 6) is 2.30. The number of nitrogens with zero attached hydrogens (tertiary/aromatic N) is 2. The molecule has 1 saturated heterocycles. The minimum absolute atomic E-state index is 0.0221. The van der Waals surface area contributed by atoms with Gasteiger partial charge in [0.1, 0.15) is 6.10 Å². The number of rotatable bonds is 5. The molecule has 3 heterocycles. The Morgan fingerprint density at radius 1 is 1.26 bits per heavy atom. The Bertz CT molecular complexity index is 1150. The summed E-state index contributed by atoms with van der Waals surface area (Å²) in [6.07, 6.45) is 13.4. The smallest absolute Gasteiger partial charge is 0.246 e. The summed E-state index contributed by atoms with van der Waals surface area (Å²) >= 11 is 0. The Kier molecular flexibility index (Phi) is 4.48. The van der Waals surface area contributed by atoms with Crippen molar-refractivity contribution < 1.29 is 19.1 Å². The molecule has 34 heavy (non-hydrogen) atoms. The Morgan fingerprint density at radius 3 is 2.94 bits per heavy atom. The molecule has 1 amide bonds. The van der Waals surface area contributed by atoms with E-state index in [0.717, 1.165) is 43.7 Å². The number of phenolic OH excluding ortho intramolecular Hbond substituents is 1. The van der Waals surface area contributed by atoms with E-state index in [2.05, 4.69) is 11.0 Å². The van der Waals surface area contributed by atoms with E-state index in [1.54, 1.807) is 30.7 Å². The minimum atomic E-state index is -0.115. The first-order valence-electron chi connectivity index (χ1n) is 12.8. The van der Waals surface area contributed by atoms with Crippen LogP contribution in [0, 0.1) is 11.8 Å². The van der Waals surface area contributed by atoms with Crippen LogP contribution >= 0.6 is 0 Å². The molecule has 2 aromatic rings. The number of hydrogen-bond donors (Lipinski definition) is 1. The van der Waals surface area contributed by atoms with Gasteiger partial charge in [0.25, 0.3) is 0 Å². The number of carbonyl (C=O) groups is 1. The number of hydrogen-bond acceptors (Lipinski definition) is 5. The Balaban J connectivity index is 1.24. The van der Waals surface area contributed by atoms with Crippen LogP contribution in [-0.2, 0) is 16.6 Å². The van der Waals surface area contributed by atoms with Crippen LogP contribution in [0.3, 0.4) is 0 Å². The molecule has 0 radical (unpaired) electrons. The van der Waals surface area contributed by atoms with Gasteiger partial charge in [0, 0.05) is 42.3 Å². The number of amides is 1. The molecule has 1 aromatic heterocycles. The lowest BCUT2D eigenvalue weighted by molar-refractivity contribution is -0.135. The van der Waals surface area contributed by atoms with Gasteiger partial charge < -0.3 is 19.2 Å². The van der Waals surface area contributed by atoms with E-state index >= 15 is 0 Å². The molecular formula is C28H32N2O4. The first-order valence-corrected chi connectivity index (χ1v) is 12.8. The Morgan fingerprint density at radius 2 is 2.15 bits per heavy atom. The lowest BCUT2D eigenvalue weighted by atomic mass is 9.51. The van der Waals surface area contributed by atoms with Gasteiger partial charge in [-0.05, 0) is 80.7 Å². The molecule has 2 bridgehead atoms. The highest BCUT2D eigenvalue weighted by Gasteiger charge is 2.66. The number of likely N-dealkylation sites (tertiary alicyclic amines) is 1. The molecule has 178 valence electrons. The average Bonchev–Trinajstić information content (AvgIpc) is 3.36. The van der Waals surface area contributed by atoms with Crippen molar-refractivity contribution >= 4 is 12.0 Å². The fraction of sp³-hybridized carbons (Fsp3) is 0.536. The molecule has 0 unspecified atom stereocenters. The predicted molar refractivity (Wildman–Crippen MR) is 128 cm³/mol. The maximum Gasteiger partial charge on any atom is 0.246 e. The van der Waals surface area contributed by atoms with Crippen LogP contribution in [0.2, 0.25) is 0 Å². The summed E-state index contributed by atoms with van der Waals surface area (Å²) in [6, 6.07) is 6.28. The van der Waals surface area contributed by atoms with Crippen molar-refractivity contribution in [2.24, 2.45) is 11.8 Å². The van der Waals surface area contributed by atoms with Crippen molar-refractivity contribution in [1.82, 2.24) is 9.80 Å². The van der Waals surface area contributed by atoms with Crippen LogP contribution < -0.4 is 4.74 Å². The lowest BCUT2D eigenvalue weighted by Gasteiger charge is -2.60. The molecule has 6 nitrogen and oxygen atoms in total. The zero-order chi connectivity index (χ0) is 23.0. The summed E-state index contributed by atoms with van der Waals surface area (Å²) in [5.41, 5.74) is 3.36. The topological polar surface area (TPSA) is 66.2 Å². The van der Waals surface area contributed by atoms with Crippen molar-refractivity contribution in [2.45, 2.75) is 62.1 Å². The van der Waals surface area contributed by atoms with E-state index in [1.165, 1.54) is 30.5 Å². The van der Waals surface area contributed by atoms with Gasteiger partial charge in [0.05, 0.1) is 18.6 Å². The zero-order valence-corrected chi connectivity index (χ0v) is 19.7. The first-order chi connectivity index (χ1) is 16.6.